The molecular weight excluding hydrogens is 545 g/mol. The molecular formula is C22H16Br2N4Zn. The summed E-state index contributed by atoms with van der Waals surface area (Å²) < 4.78 is 1.92. The van der Waals surface area contributed by atoms with E-state index in [0.29, 0.717) is 0 Å². The van der Waals surface area contributed by atoms with Gasteiger partial charge in [-0.3, -0.25) is 4.98 Å². The minimum Gasteiger partial charge on any atom is -0.657 e. The molecule has 140 valence electrons. The number of nitrogens with zero attached hydrogens (tertiary/aromatic N) is 4. The van der Waals surface area contributed by atoms with Gasteiger partial charge in [-0.15, -0.1) is 22.1 Å². The Labute approximate surface area is 198 Å². The van der Waals surface area contributed by atoms with E-state index in [4.69, 9.17) is 15.0 Å². The molecule has 0 unspecified atom stereocenters. The van der Waals surface area contributed by atoms with Gasteiger partial charge in [0.1, 0.15) is 0 Å². The summed E-state index contributed by atoms with van der Waals surface area (Å²) in [5.74, 6) is 0. The Morgan fingerprint density at radius 3 is 2.07 bits per heavy atom. The van der Waals surface area contributed by atoms with Crippen LogP contribution in [0.4, 0.5) is 0 Å². The van der Waals surface area contributed by atoms with Crippen LogP contribution in [0.15, 0.2) is 45.3 Å². The second-order valence-corrected chi connectivity index (χ2v) is 9.46. The average molecular weight is 562 g/mol. The molecule has 0 amide bonds. The summed E-state index contributed by atoms with van der Waals surface area (Å²) >= 11 is 7.25. The molecule has 0 N–H and O–H groups in total. The third-order valence-corrected chi connectivity index (χ3v) is 6.24. The van der Waals surface area contributed by atoms with Gasteiger partial charge in [0.15, 0.2) is 0 Å². The van der Waals surface area contributed by atoms with E-state index in [2.05, 4.69) is 62.8 Å². The molecule has 0 atom stereocenters. The summed E-state index contributed by atoms with van der Waals surface area (Å²) in [4.78, 5) is 19.0. The largest absolute Gasteiger partial charge is 2.00 e. The topological polar surface area (TPSA) is 54.0 Å². The van der Waals surface area contributed by atoms with Crippen molar-refractivity contribution in [1.82, 2.24) is 19.9 Å². The van der Waals surface area contributed by atoms with Crippen LogP contribution < -0.4 is 9.97 Å². The van der Waals surface area contributed by atoms with Crippen molar-refractivity contribution in [1.29, 1.82) is 0 Å². The summed E-state index contributed by atoms with van der Waals surface area (Å²) in [6, 6.07) is 12.1. The average Bonchev–Trinajstić information content (AvgIpc) is 3.33. The zero-order valence-electron chi connectivity index (χ0n) is 16.1. The smallest absolute Gasteiger partial charge is 0.657 e. The second-order valence-electron chi connectivity index (χ2n) is 7.75. The van der Waals surface area contributed by atoms with Gasteiger partial charge in [-0.25, -0.2) is 4.98 Å². The monoisotopic (exact) mass is 558 g/mol. The predicted octanol–water partition coefficient (Wildman–Crippen LogP) is 5.79. The maximum Gasteiger partial charge on any atom is 2.00 e. The van der Waals surface area contributed by atoms with Gasteiger partial charge in [0, 0.05) is 32.2 Å². The van der Waals surface area contributed by atoms with Crippen LogP contribution in [0.2, 0.25) is 0 Å². The van der Waals surface area contributed by atoms with Crippen molar-refractivity contribution in [3.8, 4) is 0 Å². The third kappa shape index (κ3) is 4.05. The Morgan fingerprint density at radius 1 is 0.793 bits per heavy atom. The minimum absolute atomic E-state index is 0. The SMILES string of the molecule is CC1(C)Cc2cc3[n-]c(cc4nc(cc5[n-]c(cc1n2)cc5Br)C=C4)cc3Br.[Zn+2]. The van der Waals surface area contributed by atoms with E-state index < -0.39 is 0 Å². The van der Waals surface area contributed by atoms with Crippen molar-refractivity contribution in [2.45, 2.75) is 25.7 Å². The van der Waals surface area contributed by atoms with E-state index >= 15 is 0 Å². The Kier molecular flexibility index (Phi) is 5.43. The van der Waals surface area contributed by atoms with Gasteiger partial charge in [0.2, 0.25) is 0 Å². The first-order chi connectivity index (χ1) is 13.4. The zero-order valence-corrected chi connectivity index (χ0v) is 22.2. The third-order valence-electron chi connectivity index (χ3n) is 4.97. The summed E-state index contributed by atoms with van der Waals surface area (Å²) in [5, 5.41) is 0. The number of hydrogen-bond acceptors (Lipinski definition) is 2. The Bertz CT molecular complexity index is 1300. The van der Waals surface area contributed by atoms with Crippen molar-refractivity contribution < 1.29 is 19.5 Å². The van der Waals surface area contributed by atoms with Crippen LogP contribution in [0, 0.1) is 0 Å². The number of halogens is 2. The summed E-state index contributed by atoms with van der Waals surface area (Å²) in [6.45, 7) is 4.42. The fraction of sp³-hybridized carbons (Fsp3) is 0.182. The second kappa shape index (κ2) is 7.61. The number of aromatic nitrogens is 4. The molecule has 0 aromatic carbocycles. The normalized spacial score (nSPS) is 14.6. The van der Waals surface area contributed by atoms with E-state index in [0.717, 1.165) is 60.2 Å². The Morgan fingerprint density at radius 2 is 1.38 bits per heavy atom. The molecule has 4 nitrogen and oxygen atoms in total. The first-order valence-corrected chi connectivity index (χ1v) is 10.6. The maximum absolute atomic E-state index is 4.89. The number of rotatable bonds is 0. The summed E-state index contributed by atoms with van der Waals surface area (Å²) in [5.41, 5.74) is 7.28. The maximum atomic E-state index is 4.89. The van der Waals surface area contributed by atoms with Crippen molar-refractivity contribution in [3.05, 3.63) is 68.1 Å². The van der Waals surface area contributed by atoms with Crippen LogP contribution >= 0.6 is 31.9 Å². The standard InChI is InChI=1S/C22H16Br2N4.Zn/c1-22(2)11-16-9-20-17(23)6-14(26-20)5-12-3-4-13(25-12)8-19-18(24)7-15(27-19)10-21(22)28-16;/h3-10H,11H2,1-2H3;/q-2;+2. The van der Waals surface area contributed by atoms with E-state index in [9.17, 15) is 0 Å². The van der Waals surface area contributed by atoms with Crippen molar-refractivity contribution in [2.24, 2.45) is 0 Å². The molecule has 5 heterocycles. The van der Waals surface area contributed by atoms with Gasteiger partial charge >= 0.3 is 19.5 Å². The van der Waals surface area contributed by atoms with Crippen molar-refractivity contribution in [2.75, 3.05) is 0 Å². The molecule has 2 aliphatic heterocycles. The summed E-state index contributed by atoms with van der Waals surface area (Å²) in [7, 11) is 0. The minimum atomic E-state index is -0.0507. The zero-order chi connectivity index (χ0) is 19.5. The van der Waals surface area contributed by atoms with Crippen LogP contribution in [-0.2, 0) is 31.3 Å². The van der Waals surface area contributed by atoms with Gasteiger partial charge in [-0.2, -0.15) is 0 Å². The van der Waals surface area contributed by atoms with Gasteiger partial charge in [0.05, 0.1) is 11.4 Å². The van der Waals surface area contributed by atoms with Crippen LogP contribution in [0.3, 0.4) is 0 Å². The first-order valence-electron chi connectivity index (χ1n) is 9.00. The number of hydrogen-bond donors (Lipinski definition) is 0. The van der Waals surface area contributed by atoms with E-state index in [1.807, 2.05) is 36.4 Å². The number of fused-ring (bicyclic) bond motifs is 8. The van der Waals surface area contributed by atoms with Crippen LogP contribution in [-0.4, -0.2) is 9.97 Å². The molecule has 0 saturated heterocycles. The molecule has 7 heteroatoms. The van der Waals surface area contributed by atoms with Crippen LogP contribution in [0.1, 0.15) is 36.6 Å². The molecule has 3 aromatic heterocycles. The van der Waals surface area contributed by atoms with Crippen molar-refractivity contribution >= 4 is 66.1 Å². The van der Waals surface area contributed by atoms with Crippen LogP contribution in [0.5, 0.6) is 0 Å². The van der Waals surface area contributed by atoms with E-state index in [1.54, 1.807) is 0 Å². The molecule has 0 fully saturated rings. The van der Waals surface area contributed by atoms with Crippen LogP contribution in [0.25, 0.3) is 34.2 Å². The van der Waals surface area contributed by atoms with E-state index in [-0.39, 0.29) is 24.9 Å². The molecule has 0 spiro atoms. The van der Waals surface area contributed by atoms with E-state index in [1.165, 1.54) is 0 Å². The molecule has 8 bridgehead atoms. The van der Waals surface area contributed by atoms with Gasteiger partial charge in [-0.05, 0) is 12.2 Å². The molecule has 5 rings (SSSR count). The van der Waals surface area contributed by atoms with Gasteiger partial charge in [0.25, 0.3) is 0 Å². The Balaban J connectivity index is 0.00000205. The summed E-state index contributed by atoms with van der Waals surface area (Å²) in [6.07, 6.45) is 4.85. The molecule has 29 heavy (non-hydrogen) atoms. The van der Waals surface area contributed by atoms with Gasteiger partial charge in [-0.1, -0.05) is 82.1 Å². The molecule has 0 radical (unpaired) electrons. The predicted molar refractivity (Wildman–Crippen MR) is 120 cm³/mol. The fourth-order valence-electron chi connectivity index (χ4n) is 3.55. The Hall–Kier alpha value is -1.56. The molecule has 2 aliphatic rings. The van der Waals surface area contributed by atoms with Gasteiger partial charge < -0.3 is 9.97 Å². The van der Waals surface area contributed by atoms with Crippen molar-refractivity contribution in [3.63, 3.8) is 0 Å². The molecule has 0 saturated carbocycles. The molecule has 3 aromatic rings. The first kappa shape index (κ1) is 20.7. The fourth-order valence-corrected chi connectivity index (χ4v) is 4.43. The quantitative estimate of drug-likeness (QED) is 0.255. The molecule has 0 aliphatic carbocycles.